The van der Waals surface area contributed by atoms with Gasteiger partial charge in [-0.05, 0) is 43.3 Å². The Morgan fingerprint density at radius 2 is 2.00 bits per heavy atom. The van der Waals surface area contributed by atoms with Crippen LogP contribution in [0.2, 0.25) is 5.02 Å². The summed E-state index contributed by atoms with van der Waals surface area (Å²) in [6, 6.07) is 16.2. The fraction of sp³-hybridized carbons (Fsp3) is 0.0556. The van der Waals surface area contributed by atoms with E-state index >= 15 is 0 Å². The Bertz CT molecular complexity index is 988. The van der Waals surface area contributed by atoms with Gasteiger partial charge in [-0.2, -0.15) is 0 Å². The van der Waals surface area contributed by atoms with Crippen molar-refractivity contribution in [2.45, 2.75) is 6.92 Å². The van der Waals surface area contributed by atoms with Crippen molar-refractivity contribution in [3.63, 3.8) is 0 Å². The molecule has 3 nitrogen and oxygen atoms in total. The van der Waals surface area contributed by atoms with E-state index in [-0.39, 0.29) is 0 Å². The zero-order valence-corrected chi connectivity index (χ0v) is 12.8. The fourth-order valence-electron chi connectivity index (χ4n) is 2.76. The van der Waals surface area contributed by atoms with Gasteiger partial charge in [-0.15, -0.1) is 0 Å². The number of rotatable bonds is 2. The second kappa shape index (κ2) is 5.04. The number of anilines is 2. The third-order valence-electron chi connectivity index (χ3n) is 3.76. The van der Waals surface area contributed by atoms with Crippen LogP contribution in [0.25, 0.3) is 21.8 Å². The first-order valence-corrected chi connectivity index (χ1v) is 7.48. The molecule has 0 radical (unpaired) electrons. The molecule has 0 amide bonds. The standard InChI is InChI=1S/C18H14ClN3/c1-11-9-12-10-13(5-6-16(12)21-11)22-17-7-8-20-18-14(17)3-2-4-15(18)19/h2-10,21H,1H3,(H,20,22). The van der Waals surface area contributed by atoms with Crippen LogP contribution in [-0.2, 0) is 0 Å². The number of para-hydroxylation sites is 1. The molecule has 108 valence electrons. The summed E-state index contributed by atoms with van der Waals surface area (Å²) in [4.78, 5) is 7.69. The summed E-state index contributed by atoms with van der Waals surface area (Å²) in [5.41, 5.74) is 5.16. The largest absolute Gasteiger partial charge is 0.359 e. The van der Waals surface area contributed by atoms with Crippen LogP contribution in [0.1, 0.15) is 5.69 Å². The minimum absolute atomic E-state index is 0.665. The van der Waals surface area contributed by atoms with Crippen molar-refractivity contribution in [1.82, 2.24) is 9.97 Å². The van der Waals surface area contributed by atoms with E-state index < -0.39 is 0 Å². The van der Waals surface area contributed by atoms with E-state index in [1.165, 1.54) is 5.39 Å². The molecule has 2 heterocycles. The monoisotopic (exact) mass is 307 g/mol. The number of aromatic amines is 1. The lowest BCUT2D eigenvalue weighted by Gasteiger charge is -2.10. The number of aryl methyl sites for hydroxylation is 1. The first-order chi connectivity index (χ1) is 10.7. The molecular formula is C18H14ClN3. The van der Waals surface area contributed by atoms with Crippen LogP contribution in [0.3, 0.4) is 0 Å². The van der Waals surface area contributed by atoms with Crippen molar-refractivity contribution in [3.8, 4) is 0 Å². The van der Waals surface area contributed by atoms with Gasteiger partial charge in [-0.3, -0.25) is 4.98 Å². The van der Waals surface area contributed by atoms with Gasteiger partial charge >= 0.3 is 0 Å². The van der Waals surface area contributed by atoms with Gasteiger partial charge in [0.25, 0.3) is 0 Å². The quantitative estimate of drug-likeness (QED) is 0.519. The van der Waals surface area contributed by atoms with Crippen LogP contribution in [0.4, 0.5) is 11.4 Å². The van der Waals surface area contributed by atoms with Gasteiger partial charge in [0.1, 0.15) is 0 Å². The predicted molar refractivity (Wildman–Crippen MR) is 93.1 cm³/mol. The van der Waals surface area contributed by atoms with E-state index in [1.807, 2.05) is 24.3 Å². The molecule has 0 saturated heterocycles. The molecule has 2 aromatic heterocycles. The number of nitrogens with one attached hydrogen (secondary N) is 2. The van der Waals surface area contributed by atoms with E-state index in [1.54, 1.807) is 6.20 Å². The van der Waals surface area contributed by atoms with E-state index in [0.29, 0.717) is 5.02 Å². The summed E-state index contributed by atoms with van der Waals surface area (Å²) in [5, 5.41) is 6.34. The van der Waals surface area contributed by atoms with Gasteiger partial charge in [0.05, 0.1) is 10.5 Å². The highest BCUT2D eigenvalue weighted by molar-refractivity contribution is 6.35. The van der Waals surface area contributed by atoms with Gasteiger partial charge in [0.15, 0.2) is 0 Å². The molecule has 2 N–H and O–H groups in total. The van der Waals surface area contributed by atoms with Crippen molar-refractivity contribution < 1.29 is 0 Å². The van der Waals surface area contributed by atoms with Crippen LogP contribution >= 0.6 is 11.6 Å². The second-order valence-electron chi connectivity index (χ2n) is 5.37. The smallest absolute Gasteiger partial charge is 0.0908 e. The van der Waals surface area contributed by atoms with Crippen LogP contribution < -0.4 is 5.32 Å². The molecular weight excluding hydrogens is 294 g/mol. The van der Waals surface area contributed by atoms with Crippen LogP contribution in [0.15, 0.2) is 54.7 Å². The van der Waals surface area contributed by atoms with Crippen LogP contribution in [-0.4, -0.2) is 9.97 Å². The molecule has 4 aromatic rings. The zero-order chi connectivity index (χ0) is 15.1. The van der Waals surface area contributed by atoms with Gasteiger partial charge in [0, 0.05) is 39.6 Å². The number of fused-ring (bicyclic) bond motifs is 2. The molecule has 0 fully saturated rings. The Morgan fingerprint density at radius 3 is 2.91 bits per heavy atom. The van der Waals surface area contributed by atoms with Crippen LogP contribution in [0.5, 0.6) is 0 Å². The lowest BCUT2D eigenvalue weighted by Crippen LogP contribution is -1.92. The number of aromatic nitrogens is 2. The maximum absolute atomic E-state index is 6.22. The van der Waals surface area contributed by atoms with E-state index in [9.17, 15) is 0 Å². The minimum Gasteiger partial charge on any atom is -0.359 e. The number of benzene rings is 2. The maximum atomic E-state index is 6.22. The van der Waals surface area contributed by atoms with Crippen LogP contribution in [0, 0.1) is 6.92 Å². The molecule has 0 unspecified atom stereocenters. The Balaban J connectivity index is 1.80. The van der Waals surface area contributed by atoms with Crippen molar-refractivity contribution >= 4 is 44.8 Å². The van der Waals surface area contributed by atoms with E-state index in [0.717, 1.165) is 33.5 Å². The Kier molecular flexibility index (Phi) is 3.01. The molecule has 0 atom stereocenters. The molecule has 0 saturated carbocycles. The molecule has 22 heavy (non-hydrogen) atoms. The minimum atomic E-state index is 0.665. The Labute approximate surface area is 132 Å². The molecule has 0 aliphatic carbocycles. The Hall–Kier alpha value is -2.52. The molecule has 0 aliphatic rings. The lowest BCUT2D eigenvalue weighted by molar-refractivity contribution is 1.30. The van der Waals surface area contributed by atoms with Gasteiger partial charge in [-0.1, -0.05) is 23.7 Å². The average molecular weight is 308 g/mol. The highest BCUT2D eigenvalue weighted by atomic mass is 35.5. The third-order valence-corrected chi connectivity index (χ3v) is 4.06. The Morgan fingerprint density at radius 1 is 1.09 bits per heavy atom. The second-order valence-corrected chi connectivity index (χ2v) is 5.78. The van der Waals surface area contributed by atoms with Gasteiger partial charge in [0.2, 0.25) is 0 Å². The topological polar surface area (TPSA) is 40.7 Å². The molecule has 0 spiro atoms. The predicted octanol–water partition coefficient (Wildman–Crippen LogP) is 5.42. The molecule has 2 aromatic carbocycles. The summed E-state index contributed by atoms with van der Waals surface area (Å²) in [5.74, 6) is 0. The highest BCUT2D eigenvalue weighted by Crippen LogP contribution is 2.30. The summed E-state index contributed by atoms with van der Waals surface area (Å²) < 4.78 is 0. The summed E-state index contributed by atoms with van der Waals surface area (Å²) in [6.07, 6.45) is 1.77. The first kappa shape index (κ1) is 13.2. The number of hydrogen-bond acceptors (Lipinski definition) is 2. The van der Waals surface area contributed by atoms with Gasteiger partial charge < -0.3 is 10.3 Å². The first-order valence-electron chi connectivity index (χ1n) is 7.10. The molecule has 0 aliphatic heterocycles. The summed E-state index contributed by atoms with van der Waals surface area (Å²) >= 11 is 6.22. The molecule has 4 rings (SSSR count). The molecule has 0 bridgehead atoms. The number of halogens is 1. The van der Waals surface area contributed by atoms with E-state index in [4.69, 9.17) is 11.6 Å². The van der Waals surface area contributed by atoms with Crippen molar-refractivity contribution in [2.24, 2.45) is 0 Å². The lowest BCUT2D eigenvalue weighted by atomic mass is 10.1. The summed E-state index contributed by atoms with van der Waals surface area (Å²) in [6.45, 7) is 2.06. The number of pyridine rings is 1. The number of hydrogen-bond donors (Lipinski definition) is 2. The van der Waals surface area contributed by atoms with E-state index in [2.05, 4.69) is 46.5 Å². The fourth-order valence-corrected chi connectivity index (χ4v) is 2.98. The molecule has 4 heteroatoms. The van der Waals surface area contributed by atoms with Gasteiger partial charge in [-0.25, -0.2) is 0 Å². The van der Waals surface area contributed by atoms with Crippen molar-refractivity contribution in [3.05, 3.63) is 65.4 Å². The normalized spacial score (nSPS) is 11.2. The maximum Gasteiger partial charge on any atom is 0.0908 e. The SMILES string of the molecule is Cc1cc2cc(Nc3ccnc4c(Cl)cccc34)ccc2[nH]1. The highest BCUT2D eigenvalue weighted by Gasteiger charge is 2.06. The number of nitrogens with zero attached hydrogens (tertiary/aromatic N) is 1. The third kappa shape index (κ3) is 2.20. The average Bonchev–Trinajstić information content (AvgIpc) is 2.88. The zero-order valence-electron chi connectivity index (χ0n) is 12.0. The number of H-pyrrole nitrogens is 1. The summed E-state index contributed by atoms with van der Waals surface area (Å²) in [7, 11) is 0. The van der Waals surface area contributed by atoms with Crippen molar-refractivity contribution in [1.29, 1.82) is 0 Å². The van der Waals surface area contributed by atoms with Crippen molar-refractivity contribution in [2.75, 3.05) is 5.32 Å².